The third-order valence-corrected chi connectivity index (χ3v) is 21.1. The highest BCUT2D eigenvalue weighted by molar-refractivity contribution is 6.33. The Balaban J connectivity index is 1.09. The van der Waals surface area contributed by atoms with Crippen LogP contribution in [0, 0.1) is 5.92 Å². The maximum atomic E-state index is 16.5. The van der Waals surface area contributed by atoms with E-state index in [1.54, 1.807) is 14.1 Å². The largest absolute Gasteiger partial charge is 0.508 e. The van der Waals surface area contributed by atoms with Crippen molar-refractivity contribution in [1.82, 2.24) is 52.8 Å². The van der Waals surface area contributed by atoms with Gasteiger partial charge in [-0.1, -0.05) is 99.5 Å². The summed E-state index contributed by atoms with van der Waals surface area (Å²) < 4.78 is 32.3. The topological polar surface area (TPSA) is 493 Å². The molecule has 0 aliphatic carbocycles. The molecule has 14 rings (SSSR count). The van der Waals surface area contributed by atoms with Gasteiger partial charge in [0.25, 0.3) is 0 Å². The van der Waals surface area contributed by atoms with Gasteiger partial charge in [-0.15, -0.1) is 0 Å². The Morgan fingerprint density at radius 1 is 0.586 bits per heavy atom. The first-order valence-corrected chi connectivity index (χ1v) is 38.2. The Bertz CT molecular complexity index is 4960. The summed E-state index contributed by atoms with van der Waals surface area (Å²) in [6.07, 6.45) is -6.46. The molecule has 0 unspecified atom stereocenters. The van der Waals surface area contributed by atoms with Crippen LogP contribution in [0.1, 0.15) is 140 Å². The minimum atomic E-state index is -2.37. The first-order chi connectivity index (χ1) is 55.3. The number of carboxylic acid groups (broad SMARTS) is 1. The summed E-state index contributed by atoms with van der Waals surface area (Å²) >= 11 is 14.2. The molecule has 7 aliphatic rings. The molecule has 7 aromatic carbocycles. The molecular formula is C81H88Cl2N10O23. The number of aliphatic hydroxyl groups excluding tert-OH is 3. The molecule has 0 spiro atoms. The normalized spacial score (nSPS) is 23.3. The number of hydrogen-bond donors (Lipinski definition) is 18. The summed E-state index contributed by atoms with van der Waals surface area (Å²) in [5.74, 6) is -16.6. The van der Waals surface area contributed by atoms with Crippen molar-refractivity contribution >= 4 is 76.4 Å². The maximum Gasteiger partial charge on any atom is 0.335 e. The van der Waals surface area contributed by atoms with Gasteiger partial charge in [0.1, 0.15) is 107 Å². The van der Waals surface area contributed by atoms with E-state index in [1.807, 2.05) is 4.90 Å². The van der Waals surface area contributed by atoms with Crippen LogP contribution in [0.5, 0.6) is 69.0 Å². The average Bonchev–Trinajstić information content (AvgIpc) is 0.769. The first-order valence-electron chi connectivity index (χ1n) is 37.5. The van der Waals surface area contributed by atoms with Crippen molar-refractivity contribution < 1.29 is 113 Å². The summed E-state index contributed by atoms with van der Waals surface area (Å²) in [6, 6.07) is 6.88. The lowest BCUT2D eigenvalue weighted by atomic mass is 9.89. The number of nitrogens with zero attached hydrogens (tertiary/aromatic N) is 1. The zero-order valence-corrected chi connectivity index (χ0v) is 64.8. The van der Waals surface area contributed by atoms with Crippen molar-refractivity contribution in [3.05, 3.63) is 164 Å². The lowest BCUT2D eigenvalue weighted by Crippen LogP contribution is -2.66. The number of amides is 8. The molecule has 8 amide bonds. The number of hydrogen-bond acceptors (Lipinski definition) is 24. The van der Waals surface area contributed by atoms with Crippen LogP contribution in [-0.4, -0.2) is 181 Å². The van der Waals surface area contributed by atoms with Crippen LogP contribution in [-0.2, 0) is 54.3 Å². The summed E-state index contributed by atoms with van der Waals surface area (Å²) in [5, 5.41) is 128. The number of nitrogens with one attached hydrogen (secondary N) is 9. The number of carbonyl (C=O) groups is 9. The SMILES string of the molecule is CN[C@@H]1C(=O)N[C@@H]2Cc3ccc(cc3)Oc3cc4cc(c3O[C@@H]3O[C@H](C(=O)O)[C@@H](O)[C@H](O)[C@H]3NC(=O)CCCCCCCC(C)C)Oc3ccc(cc3Cl)[C@@H](O)[C@@H]3NC(=O)[C@H](NC(=O)[C@@H]4NC(=O)[C@@H](NC2=O)c2cc(cc(O)c2Cl)Oc2cc1ccc2O)c1ccc(O)c(c1)-c1c(O)cc(O)cc1[C@@H](C(=O)NCCCN(C)C)NC3=O. The van der Waals surface area contributed by atoms with E-state index in [-0.39, 0.29) is 70.2 Å². The van der Waals surface area contributed by atoms with E-state index < -0.39 is 205 Å². The Morgan fingerprint density at radius 3 is 1.94 bits per heavy atom. The van der Waals surface area contributed by atoms with E-state index >= 15 is 24.0 Å². The number of rotatable bonds is 18. The van der Waals surface area contributed by atoms with E-state index in [1.165, 1.54) is 61.6 Å². The monoisotopic (exact) mass is 1640 g/mol. The molecular weight excluding hydrogens is 1550 g/mol. The molecule has 116 heavy (non-hydrogen) atoms. The Kier molecular flexibility index (Phi) is 26.0. The van der Waals surface area contributed by atoms with Gasteiger partial charge in [0, 0.05) is 48.2 Å². The number of phenolic OH excluding ortho intramolecular Hbond substituents is 5. The second kappa shape index (κ2) is 36.0. The van der Waals surface area contributed by atoms with Crippen molar-refractivity contribution in [2.45, 2.75) is 151 Å². The number of unbranched alkanes of at least 4 members (excludes halogenated alkanes) is 4. The quantitative estimate of drug-likeness (QED) is 0.0419. The van der Waals surface area contributed by atoms with Gasteiger partial charge in [0.2, 0.25) is 59.3 Å². The van der Waals surface area contributed by atoms with Crippen molar-refractivity contribution in [1.29, 1.82) is 0 Å². The summed E-state index contributed by atoms with van der Waals surface area (Å²) in [5.41, 5.74) is -2.06. The van der Waals surface area contributed by atoms with E-state index in [0.717, 1.165) is 86.3 Å². The van der Waals surface area contributed by atoms with Gasteiger partial charge in [-0.25, -0.2) is 4.79 Å². The number of phenols is 5. The molecule has 18 N–H and O–H groups in total. The number of fused-ring (bicyclic) bond motifs is 14. The van der Waals surface area contributed by atoms with E-state index in [4.69, 9.17) is 46.9 Å². The first kappa shape index (κ1) is 83.7. The summed E-state index contributed by atoms with van der Waals surface area (Å²) in [6.45, 7) is 4.72. The molecule has 7 aliphatic heterocycles. The number of likely N-dealkylation sites (N-methyl/N-ethyl adjacent to an activating group) is 1. The molecule has 0 saturated carbocycles. The predicted octanol–water partition coefficient (Wildman–Crippen LogP) is 6.30. The third kappa shape index (κ3) is 18.8. The third-order valence-electron chi connectivity index (χ3n) is 20.4. The highest BCUT2D eigenvalue weighted by Crippen LogP contribution is 2.50. The van der Waals surface area contributed by atoms with Crippen molar-refractivity contribution in [3.8, 4) is 80.1 Å². The number of benzene rings is 7. The summed E-state index contributed by atoms with van der Waals surface area (Å²) in [4.78, 5) is 138. The highest BCUT2D eigenvalue weighted by Gasteiger charge is 2.51. The van der Waals surface area contributed by atoms with Gasteiger partial charge in [-0.2, -0.15) is 0 Å². The Hall–Kier alpha value is -11.7. The van der Waals surface area contributed by atoms with Crippen molar-refractivity contribution in [2.24, 2.45) is 5.92 Å². The molecule has 0 radical (unpaired) electrons. The lowest BCUT2D eigenvalue weighted by Gasteiger charge is -2.41. The van der Waals surface area contributed by atoms with Crippen LogP contribution in [0.25, 0.3) is 11.1 Å². The van der Waals surface area contributed by atoms with E-state index in [0.29, 0.717) is 37.3 Å². The van der Waals surface area contributed by atoms with Crippen LogP contribution in [0.4, 0.5) is 0 Å². The van der Waals surface area contributed by atoms with E-state index in [9.17, 15) is 65.1 Å². The molecule has 7 heterocycles. The number of carbonyl (C=O) groups excluding carboxylic acids is 8. The zero-order valence-electron chi connectivity index (χ0n) is 63.3. The van der Waals surface area contributed by atoms with Crippen molar-refractivity contribution in [3.63, 3.8) is 0 Å². The molecule has 35 heteroatoms. The summed E-state index contributed by atoms with van der Waals surface area (Å²) in [7, 11) is 5.03. The second-order valence-electron chi connectivity index (χ2n) is 29.6. The zero-order chi connectivity index (χ0) is 83.2. The number of ether oxygens (including phenoxy) is 5. The number of aliphatic hydroxyl groups is 3. The minimum Gasteiger partial charge on any atom is -0.508 e. The van der Waals surface area contributed by atoms with Gasteiger partial charge in [0.05, 0.1) is 10.0 Å². The molecule has 13 atom stereocenters. The van der Waals surface area contributed by atoms with Gasteiger partial charge < -0.3 is 122 Å². The minimum absolute atomic E-state index is 0.000640. The molecule has 1 fully saturated rings. The van der Waals surface area contributed by atoms with E-state index in [2.05, 4.69) is 61.7 Å². The van der Waals surface area contributed by atoms with Crippen LogP contribution in [0.2, 0.25) is 10.0 Å². The fourth-order valence-corrected chi connectivity index (χ4v) is 14.8. The van der Waals surface area contributed by atoms with Gasteiger partial charge in [-0.05, 0) is 153 Å². The lowest BCUT2D eigenvalue weighted by molar-refractivity contribution is -0.241. The van der Waals surface area contributed by atoms with Gasteiger partial charge in [-0.3, -0.25) is 38.4 Å². The number of halogens is 2. The van der Waals surface area contributed by atoms with Crippen LogP contribution in [0.15, 0.2) is 115 Å². The standard InChI is InChI=1S/C81H88Cl2N10O23/c1-36(2)12-9-7-6-8-10-13-58(99)87-67-69(101)70(102)72(80(110)111)116-81(67)115-71-56-30-41-31-57(71)114-54-23-18-40(28-48(54)82)68(100)66-79(109)91-64(74(104)85-24-11-25-93(4)5)46-32-42(94)33-52(97)59(46)45-27-38(16-21-50(45)95)62(76(106)92-66)88-77(107)63(41)89-78(108)65-47-34-44(35-53(98)60(47)83)113-55-29-39(17-22-51(55)96)61(84-3)75(105)86-49(73(103)90-65)26-37-14-19-43(112-56)20-15-37/h14-23,27-36,49,61-70,72,81,84,94-98,100-102H,6-13,24-26H2,1-5H3,(H,85,104)(H,86,105)(H,87,99)(H,88,107)(H,89,108)(H,90,103)(H,91,109)(H,92,106)(H,110,111)/t49-,61+,62-,63-,64+,65+,66+,67-,68-,69-,70+,72+,81-/m1/s1. The van der Waals surface area contributed by atoms with Crippen LogP contribution >= 0.6 is 23.2 Å². The predicted molar refractivity (Wildman–Crippen MR) is 415 cm³/mol. The number of carboxylic acids is 1. The fraction of sp³-hybridized carbons (Fsp3) is 0.370. The maximum absolute atomic E-state index is 16.5. The second-order valence-corrected chi connectivity index (χ2v) is 30.3. The molecule has 7 aromatic rings. The molecule has 33 nitrogen and oxygen atoms in total. The molecule has 17 bridgehead atoms. The molecule has 0 aromatic heterocycles. The fourth-order valence-electron chi connectivity index (χ4n) is 14.4. The van der Waals surface area contributed by atoms with Crippen molar-refractivity contribution in [2.75, 3.05) is 34.2 Å². The smallest absolute Gasteiger partial charge is 0.335 e. The number of aromatic hydroxyl groups is 5. The number of aliphatic carboxylic acids is 1. The average molecular weight is 1640 g/mol. The molecule has 614 valence electrons. The van der Waals surface area contributed by atoms with Gasteiger partial charge in [0.15, 0.2) is 29.1 Å². The Labute approximate surface area is 673 Å². The van der Waals surface area contributed by atoms with Crippen LogP contribution in [0.3, 0.4) is 0 Å². The molecule has 1 saturated heterocycles. The van der Waals surface area contributed by atoms with Crippen LogP contribution < -0.4 is 66.8 Å². The van der Waals surface area contributed by atoms with Gasteiger partial charge >= 0.3 is 5.97 Å². The highest BCUT2D eigenvalue weighted by atomic mass is 35.5. The Morgan fingerprint density at radius 2 is 1.23 bits per heavy atom.